The highest BCUT2D eigenvalue weighted by Crippen LogP contribution is 2.16. The van der Waals surface area contributed by atoms with E-state index in [9.17, 15) is 9.59 Å². The number of imidazole rings is 1. The molecule has 22 heavy (non-hydrogen) atoms. The molecule has 1 amide bonds. The Kier molecular flexibility index (Phi) is 3.58. The minimum Gasteiger partial charge on any atom is -0.467 e. The predicted molar refractivity (Wildman–Crippen MR) is 82.8 cm³/mol. The molecule has 2 N–H and O–H groups in total. The third kappa shape index (κ3) is 2.55. The minimum atomic E-state index is -0.212. The quantitative estimate of drug-likeness (QED) is 0.776. The Hall–Kier alpha value is -2.76. The molecule has 0 atom stereocenters. The molecule has 2 aromatic heterocycles. The van der Waals surface area contributed by atoms with Gasteiger partial charge in [0.05, 0.1) is 23.8 Å². The van der Waals surface area contributed by atoms with E-state index in [4.69, 9.17) is 4.42 Å². The highest BCUT2D eigenvalue weighted by molar-refractivity contribution is 5.97. The van der Waals surface area contributed by atoms with Crippen LogP contribution in [-0.4, -0.2) is 15.5 Å². The van der Waals surface area contributed by atoms with Crippen LogP contribution in [0.1, 0.15) is 36.0 Å². The minimum absolute atomic E-state index is 0.0554. The Bertz CT molecular complexity index is 857. The van der Waals surface area contributed by atoms with Crippen molar-refractivity contribution in [2.24, 2.45) is 0 Å². The molecule has 0 aliphatic rings. The summed E-state index contributed by atoms with van der Waals surface area (Å²) in [6.45, 7) is 4.21. The second kappa shape index (κ2) is 5.55. The maximum Gasteiger partial charge on any atom is 0.326 e. The summed E-state index contributed by atoms with van der Waals surface area (Å²) in [5, 5.41) is 2.78. The van der Waals surface area contributed by atoms with Crippen molar-refractivity contribution in [2.45, 2.75) is 26.4 Å². The van der Waals surface area contributed by atoms with E-state index in [2.05, 4.69) is 10.3 Å². The van der Waals surface area contributed by atoms with E-state index < -0.39 is 0 Å². The summed E-state index contributed by atoms with van der Waals surface area (Å²) in [5.74, 6) is 0.477. The molecule has 1 aromatic carbocycles. The fourth-order valence-electron chi connectivity index (χ4n) is 2.47. The van der Waals surface area contributed by atoms with Crippen LogP contribution >= 0.6 is 0 Å². The first-order chi connectivity index (χ1) is 10.6. The van der Waals surface area contributed by atoms with Crippen LogP contribution in [0.4, 0.5) is 0 Å². The zero-order valence-electron chi connectivity index (χ0n) is 12.4. The van der Waals surface area contributed by atoms with Gasteiger partial charge < -0.3 is 14.7 Å². The molecule has 6 heteroatoms. The monoisotopic (exact) mass is 299 g/mol. The van der Waals surface area contributed by atoms with E-state index in [0.717, 1.165) is 5.52 Å². The molecular weight excluding hydrogens is 282 g/mol. The van der Waals surface area contributed by atoms with Crippen LogP contribution in [0.25, 0.3) is 11.0 Å². The number of furan rings is 1. The van der Waals surface area contributed by atoms with Crippen molar-refractivity contribution in [1.82, 2.24) is 14.9 Å². The molecule has 3 rings (SSSR count). The Morgan fingerprint density at radius 3 is 2.86 bits per heavy atom. The van der Waals surface area contributed by atoms with Crippen LogP contribution in [0.2, 0.25) is 0 Å². The van der Waals surface area contributed by atoms with Crippen molar-refractivity contribution in [1.29, 1.82) is 0 Å². The third-order valence-electron chi connectivity index (χ3n) is 3.50. The standard InChI is InChI=1S/C16H17N3O3/c1-10(2)19-14-6-5-11(8-13(14)18-16(19)21)15(20)17-9-12-4-3-7-22-12/h3-8,10H,9H2,1-2H3,(H,17,20)(H,18,21). The lowest BCUT2D eigenvalue weighted by atomic mass is 10.2. The number of rotatable bonds is 4. The first-order valence-corrected chi connectivity index (χ1v) is 7.11. The van der Waals surface area contributed by atoms with Crippen molar-refractivity contribution in [3.63, 3.8) is 0 Å². The average molecular weight is 299 g/mol. The van der Waals surface area contributed by atoms with Crippen LogP contribution < -0.4 is 11.0 Å². The molecule has 0 aliphatic carbocycles. The van der Waals surface area contributed by atoms with E-state index in [-0.39, 0.29) is 17.6 Å². The summed E-state index contributed by atoms with van der Waals surface area (Å²) >= 11 is 0. The first-order valence-electron chi connectivity index (χ1n) is 7.11. The van der Waals surface area contributed by atoms with Gasteiger partial charge in [-0.1, -0.05) is 0 Å². The topological polar surface area (TPSA) is 80.0 Å². The van der Waals surface area contributed by atoms with Crippen molar-refractivity contribution in [3.05, 3.63) is 58.4 Å². The lowest BCUT2D eigenvalue weighted by Crippen LogP contribution is -2.22. The van der Waals surface area contributed by atoms with Gasteiger partial charge in [-0.2, -0.15) is 0 Å². The predicted octanol–water partition coefficient (Wildman–Crippen LogP) is 2.43. The van der Waals surface area contributed by atoms with Crippen LogP contribution in [0.15, 0.2) is 45.8 Å². The largest absolute Gasteiger partial charge is 0.467 e. The first kappa shape index (κ1) is 14.2. The third-order valence-corrected chi connectivity index (χ3v) is 3.50. The van der Waals surface area contributed by atoms with Crippen LogP contribution in [0.3, 0.4) is 0 Å². The van der Waals surface area contributed by atoms with Gasteiger partial charge in [0.1, 0.15) is 5.76 Å². The van der Waals surface area contributed by atoms with Gasteiger partial charge in [0.25, 0.3) is 5.91 Å². The fourth-order valence-corrected chi connectivity index (χ4v) is 2.47. The van der Waals surface area contributed by atoms with E-state index in [0.29, 0.717) is 23.4 Å². The van der Waals surface area contributed by atoms with Crippen molar-refractivity contribution < 1.29 is 9.21 Å². The van der Waals surface area contributed by atoms with Crippen molar-refractivity contribution in [2.75, 3.05) is 0 Å². The summed E-state index contributed by atoms with van der Waals surface area (Å²) in [6.07, 6.45) is 1.56. The smallest absolute Gasteiger partial charge is 0.326 e. The molecular formula is C16H17N3O3. The Labute approximate surface area is 126 Å². The number of fused-ring (bicyclic) bond motifs is 1. The molecule has 0 spiro atoms. The van der Waals surface area contributed by atoms with E-state index in [1.807, 2.05) is 13.8 Å². The number of aromatic amines is 1. The highest BCUT2D eigenvalue weighted by Gasteiger charge is 2.12. The summed E-state index contributed by atoms with van der Waals surface area (Å²) < 4.78 is 6.84. The maximum absolute atomic E-state index is 12.2. The highest BCUT2D eigenvalue weighted by atomic mass is 16.3. The van der Waals surface area contributed by atoms with Crippen molar-refractivity contribution in [3.8, 4) is 0 Å². The zero-order chi connectivity index (χ0) is 15.7. The van der Waals surface area contributed by atoms with Gasteiger partial charge in [-0.3, -0.25) is 9.36 Å². The van der Waals surface area contributed by atoms with Gasteiger partial charge in [0.2, 0.25) is 0 Å². The summed E-state index contributed by atoms with van der Waals surface area (Å²) in [6, 6.07) is 8.81. The normalized spacial score (nSPS) is 11.2. The number of amides is 1. The average Bonchev–Trinajstić information content (AvgIpc) is 3.09. The number of nitrogens with one attached hydrogen (secondary N) is 2. The molecule has 0 radical (unpaired) electrons. The lowest BCUT2D eigenvalue weighted by Gasteiger charge is -2.07. The van der Waals surface area contributed by atoms with Crippen molar-refractivity contribution >= 4 is 16.9 Å². The Balaban J connectivity index is 1.85. The number of hydrogen-bond donors (Lipinski definition) is 2. The molecule has 0 bridgehead atoms. The lowest BCUT2D eigenvalue weighted by molar-refractivity contribution is 0.0948. The number of hydrogen-bond acceptors (Lipinski definition) is 3. The van der Waals surface area contributed by atoms with Gasteiger partial charge in [0.15, 0.2) is 0 Å². The number of H-pyrrole nitrogens is 1. The van der Waals surface area contributed by atoms with E-state index in [1.165, 1.54) is 0 Å². The molecule has 0 unspecified atom stereocenters. The molecule has 0 saturated carbocycles. The van der Waals surface area contributed by atoms with Gasteiger partial charge in [-0.05, 0) is 44.2 Å². The number of benzene rings is 1. The van der Waals surface area contributed by atoms with E-state index >= 15 is 0 Å². The molecule has 0 aliphatic heterocycles. The summed E-state index contributed by atoms with van der Waals surface area (Å²) in [4.78, 5) is 26.9. The second-order valence-electron chi connectivity index (χ2n) is 5.39. The molecule has 2 heterocycles. The molecule has 0 fully saturated rings. The van der Waals surface area contributed by atoms with Gasteiger partial charge in [0, 0.05) is 11.6 Å². The Morgan fingerprint density at radius 1 is 1.36 bits per heavy atom. The SMILES string of the molecule is CC(C)n1c(=O)[nH]c2cc(C(=O)NCc3ccco3)ccc21. The number of aromatic nitrogens is 2. The maximum atomic E-state index is 12.2. The number of nitrogens with zero attached hydrogens (tertiary/aromatic N) is 1. The number of carbonyl (C=O) groups is 1. The molecule has 6 nitrogen and oxygen atoms in total. The molecule has 3 aromatic rings. The van der Waals surface area contributed by atoms with E-state index in [1.54, 1.807) is 41.2 Å². The summed E-state index contributed by atoms with van der Waals surface area (Å²) in [5.41, 5.74) is 1.78. The van der Waals surface area contributed by atoms with Gasteiger partial charge in [-0.25, -0.2) is 4.79 Å². The Morgan fingerprint density at radius 2 is 2.18 bits per heavy atom. The number of carbonyl (C=O) groups excluding carboxylic acids is 1. The second-order valence-corrected chi connectivity index (χ2v) is 5.39. The van der Waals surface area contributed by atoms with Gasteiger partial charge in [-0.15, -0.1) is 0 Å². The van der Waals surface area contributed by atoms with Crippen LogP contribution in [0, 0.1) is 0 Å². The summed E-state index contributed by atoms with van der Waals surface area (Å²) in [7, 11) is 0. The fraction of sp³-hybridized carbons (Fsp3) is 0.250. The zero-order valence-corrected chi connectivity index (χ0v) is 12.4. The molecule has 114 valence electrons. The van der Waals surface area contributed by atoms with Crippen LogP contribution in [0.5, 0.6) is 0 Å². The molecule has 0 saturated heterocycles. The van der Waals surface area contributed by atoms with Gasteiger partial charge >= 0.3 is 5.69 Å². The van der Waals surface area contributed by atoms with Crippen LogP contribution in [-0.2, 0) is 6.54 Å².